The van der Waals surface area contributed by atoms with Gasteiger partial charge in [-0.15, -0.1) is 0 Å². The lowest BCUT2D eigenvalue weighted by molar-refractivity contribution is -0.0498. The minimum Gasteiger partial charge on any atom is -0.435 e. The van der Waals surface area contributed by atoms with Gasteiger partial charge in [-0.25, -0.2) is 4.39 Å². The molecule has 0 aromatic heterocycles. The highest BCUT2D eigenvalue weighted by Crippen LogP contribution is 2.18. The van der Waals surface area contributed by atoms with E-state index < -0.39 is 23.2 Å². The van der Waals surface area contributed by atoms with Gasteiger partial charge in [0.25, 0.3) is 0 Å². The molecule has 0 aliphatic heterocycles. The zero-order valence-corrected chi connectivity index (χ0v) is 11.8. The molecule has 6 heteroatoms. The monoisotopic (exact) mass is 314 g/mol. The molecule has 112 valence electrons. The van der Waals surface area contributed by atoms with Gasteiger partial charge in [0.15, 0.2) is 0 Å². The van der Waals surface area contributed by atoms with E-state index in [0.717, 1.165) is 0 Å². The molecule has 0 aliphatic rings. The molecule has 0 radical (unpaired) electrons. The highest BCUT2D eigenvalue weighted by molar-refractivity contribution is 7.83. The molecule has 0 amide bonds. The molecule has 21 heavy (non-hydrogen) atoms. The average molecular weight is 314 g/mol. The van der Waals surface area contributed by atoms with E-state index in [-0.39, 0.29) is 17.3 Å². The van der Waals surface area contributed by atoms with Gasteiger partial charge in [0.1, 0.15) is 11.6 Å². The molecule has 1 atom stereocenters. The summed E-state index contributed by atoms with van der Waals surface area (Å²) in [6.45, 7) is -2.90. The number of benzene rings is 2. The topological polar surface area (TPSA) is 26.3 Å². The molecule has 0 saturated carbocycles. The Kier molecular flexibility index (Phi) is 5.38. The Balaban J connectivity index is 2.01. The van der Waals surface area contributed by atoms with Gasteiger partial charge in [-0.05, 0) is 23.8 Å². The molecule has 2 nitrogen and oxygen atoms in total. The summed E-state index contributed by atoms with van der Waals surface area (Å²) in [6, 6.07) is 12.1. The van der Waals surface area contributed by atoms with E-state index in [2.05, 4.69) is 4.74 Å². The number of halogens is 3. The Labute approximate surface area is 123 Å². The van der Waals surface area contributed by atoms with E-state index in [1.54, 1.807) is 30.3 Å². The molecule has 2 aromatic rings. The molecule has 2 aromatic carbocycles. The van der Waals surface area contributed by atoms with Gasteiger partial charge in [-0.2, -0.15) is 8.78 Å². The van der Waals surface area contributed by atoms with Crippen LogP contribution in [-0.2, 0) is 22.3 Å². The summed E-state index contributed by atoms with van der Waals surface area (Å²) in [5.41, 5.74) is 0.971. The van der Waals surface area contributed by atoms with E-state index in [9.17, 15) is 17.4 Å². The second kappa shape index (κ2) is 7.26. The number of hydrogen-bond donors (Lipinski definition) is 0. The minimum atomic E-state index is -2.90. The van der Waals surface area contributed by atoms with Crippen molar-refractivity contribution in [3.8, 4) is 5.75 Å². The summed E-state index contributed by atoms with van der Waals surface area (Å²) >= 11 is 0. The van der Waals surface area contributed by atoms with Crippen molar-refractivity contribution in [2.24, 2.45) is 0 Å². The van der Waals surface area contributed by atoms with Crippen molar-refractivity contribution in [2.75, 3.05) is 0 Å². The number of hydrogen-bond acceptors (Lipinski definition) is 2. The Bertz CT molecular complexity index is 632. The fourth-order valence-electron chi connectivity index (χ4n) is 1.84. The summed E-state index contributed by atoms with van der Waals surface area (Å²) < 4.78 is 54.0. The molecule has 0 saturated heterocycles. The smallest absolute Gasteiger partial charge is 0.387 e. The minimum absolute atomic E-state index is 0.0189. The summed E-state index contributed by atoms with van der Waals surface area (Å²) in [4.78, 5) is 0. The maximum Gasteiger partial charge on any atom is 0.387 e. The lowest BCUT2D eigenvalue weighted by atomic mass is 10.2. The second-order valence-corrected chi connectivity index (χ2v) is 5.80. The first-order chi connectivity index (χ1) is 10.0. The Hall–Kier alpha value is -1.82. The first-order valence-corrected chi connectivity index (χ1v) is 7.65. The van der Waals surface area contributed by atoms with E-state index in [1.165, 1.54) is 18.2 Å². The first-order valence-electron chi connectivity index (χ1n) is 6.17. The van der Waals surface area contributed by atoms with Crippen molar-refractivity contribution < 1.29 is 22.1 Å². The Morgan fingerprint density at radius 3 is 2.52 bits per heavy atom. The van der Waals surface area contributed by atoms with Crippen molar-refractivity contribution in [1.29, 1.82) is 0 Å². The van der Waals surface area contributed by atoms with Gasteiger partial charge in [-0.1, -0.05) is 30.3 Å². The second-order valence-electron chi connectivity index (χ2n) is 4.35. The summed E-state index contributed by atoms with van der Waals surface area (Å²) in [5, 5.41) is 0. The van der Waals surface area contributed by atoms with Gasteiger partial charge in [0.05, 0.1) is 5.75 Å². The quantitative estimate of drug-likeness (QED) is 0.809. The average Bonchev–Trinajstić information content (AvgIpc) is 2.41. The van der Waals surface area contributed by atoms with Crippen LogP contribution in [0.5, 0.6) is 5.75 Å². The standard InChI is InChI=1S/C15H13F3O2S/c16-14-7-2-1-5-12(14)10-21(19)9-11-4-3-6-13(8-11)20-15(17)18/h1-8,15H,9-10H2/t21-/m1/s1. The molecular formula is C15H13F3O2S. The van der Waals surface area contributed by atoms with Crippen LogP contribution in [0.4, 0.5) is 13.2 Å². The number of rotatable bonds is 6. The van der Waals surface area contributed by atoms with Gasteiger partial charge in [-0.3, -0.25) is 4.21 Å². The van der Waals surface area contributed by atoms with Crippen molar-refractivity contribution >= 4 is 10.8 Å². The van der Waals surface area contributed by atoms with Gasteiger partial charge >= 0.3 is 6.61 Å². The highest BCUT2D eigenvalue weighted by atomic mass is 32.2. The van der Waals surface area contributed by atoms with Crippen LogP contribution in [-0.4, -0.2) is 10.8 Å². The lowest BCUT2D eigenvalue weighted by Gasteiger charge is -2.07. The lowest BCUT2D eigenvalue weighted by Crippen LogP contribution is -2.04. The first kappa shape index (κ1) is 15.6. The predicted molar refractivity (Wildman–Crippen MR) is 75.0 cm³/mol. The zero-order chi connectivity index (χ0) is 15.2. The largest absolute Gasteiger partial charge is 0.435 e. The molecule has 0 N–H and O–H groups in total. The van der Waals surface area contributed by atoms with Crippen LogP contribution in [0.3, 0.4) is 0 Å². The molecule has 0 unspecified atom stereocenters. The van der Waals surface area contributed by atoms with Crippen molar-refractivity contribution in [3.63, 3.8) is 0 Å². The van der Waals surface area contributed by atoms with Crippen LogP contribution in [0.2, 0.25) is 0 Å². The Morgan fingerprint density at radius 2 is 1.81 bits per heavy atom. The van der Waals surface area contributed by atoms with Crippen LogP contribution in [0, 0.1) is 5.82 Å². The van der Waals surface area contributed by atoms with Crippen molar-refractivity contribution in [2.45, 2.75) is 18.1 Å². The SMILES string of the molecule is O=[S@](Cc1cccc(OC(F)F)c1)Cc1ccccc1F. The molecular weight excluding hydrogens is 301 g/mol. The van der Waals surface area contributed by atoms with E-state index in [1.807, 2.05) is 0 Å². The fourth-order valence-corrected chi connectivity index (χ4v) is 3.07. The fraction of sp³-hybridized carbons (Fsp3) is 0.200. The van der Waals surface area contributed by atoms with Crippen LogP contribution >= 0.6 is 0 Å². The van der Waals surface area contributed by atoms with E-state index >= 15 is 0 Å². The van der Waals surface area contributed by atoms with Crippen molar-refractivity contribution in [3.05, 3.63) is 65.5 Å². The van der Waals surface area contributed by atoms with E-state index in [4.69, 9.17) is 0 Å². The van der Waals surface area contributed by atoms with Gasteiger partial charge in [0, 0.05) is 22.1 Å². The van der Waals surface area contributed by atoms with Crippen LogP contribution in [0.25, 0.3) is 0 Å². The molecule has 0 aliphatic carbocycles. The summed E-state index contributed by atoms with van der Waals surface area (Å²) in [7, 11) is -1.34. The maximum absolute atomic E-state index is 13.5. The third-order valence-electron chi connectivity index (χ3n) is 2.73. The maximum atomic E-state index is 13.5. The normalized spacial score (nSPS) is 12.4. The highest BCUT2D eigenvalue weighted by Gasteiger charge is 2.09. The summed E-state index contributed by atoms with van der Waals surface area (Å²) in [6.07, 6.45) is 0. The Morgan fingerprint density at radius 1 is 1.05 bits per heavy atom. The van der Waals surface area contributed by atoms with Crippen LogP contribution < -0.4 is 4.74 Å². The number of ether oxygens (including phenoxy) is 1. The van der Waals surface area contributed by atoms with Gasteiger partial charge < -0.3 is 4.74 Å². The molecule has 2 rings (SSSR count). The van der Waals surface area contributed by atoms with E-state index in [0.29, 0.717) is 11.1 Å². The van der Waals surface area contributed by atoms with Gasteiger partial charge in [0.2, 0.25) is 0 Å². The zero-order valence-electron chi connectivity index (χ0n) is 11.0. The van der Waals surface area contributed by atoms with Crippen LogP contribution in [0.15, 0.2) is 48.5 Å². The number of alkyl halides is 2. The molecule has 0 fully saturated rings. The third-order valence-corrected chi connectivity index (χ3v) is 4.01. The predicted octanol–water partition coefficient (Wildman–Crippen LogP) is 3.88. The molecule has 0 spiro atoms. The summed E-state index contributed by atoms with van der Waals surface area (Å²) in [5.74, 6) is -0.160. The molecule has 0 bridgehead atoms. The van der Waals surface area contributed by atoms with Crippen LogP contribution in [0.1, 0.15) is 11.1 Å². The molecule has 0 heterocycles. The van der Waals surface area contributed by atoms with Crippen molar-refractivity contribution in [1.82, 2.24) is 0 Å². The third kappa shape index (κ3) is 4.90.